The number of thiol groups is 1. The molecule has 0 amide bonds. The van der Waals surface area contributed by atoms with Crippen LogP contribution >= 0.6 is 22.5 Å². The van der Waals surface area contributed by atoms with E-state index in [9.17, 15) is 0 Å². The van der Waals surface area contributed by atoms with E-state index in [0.717, 1.165) is 4.90 Å². The quantitative estimate of drug-likeness (QED) is 0.483. The number of hydrogen-bond donors (Lipinski definition) is 2. The molecule has 0 saturated carbocycles. The topological polar surface area (TPSA) is 33.1 Å². The van der Waals surface area contributed by atoms with Crippen LogP contribution < -0.4 is 0 Å². The zero-order valence-corrected chi connectivity index (χ0v) is 6.19. The predicted octanol–water partition coefficient (Wildman–Crippen LogP) is 1.72. The van der Waals surface area contributed by atoms with Crippen LogP contribution in [0.15, 0.2) is 23.4 Å². The van der Waals surface area contributed by atoms with Crippen molar-refractivity contribution in [3.63, 3.8) is 0 Å². The van der Waals surface area contributed by atoms with Crippen LogP contribution in [0.3, 0.4) is 0 Å². The van der Waals surface area contributed by atoms with E-state index in [0.29, 0.717) is 0 Å². The molecule has 1 N–H and O–H groups in total. The third-order valence-electron chi connectivity index (χ3n) is 0.804. The van der Waals surface area contributed by atoms with Crippen LogP contribution in [0.2, 0.25) is 0 Å². The maximum absolute atomic E-state index is 8.83. The van der Waals surface area contributed by atoms with E-state index in [1.165, 1.54) is 17.0 Å². The van der Waals surface area contributed by atoms with Crippen molar-refractivity contribution in [1.82, 2.24) is 4.98 Å². The molecular weight excluding hydrogens is 154 g/mol. The summed E-state index contributed by atoms with van der Waals surface area (Å²) in [4.78, 5) is 4.58. The molecular formula is C5H5NOS2. The molecule has 0 aliphatic rings. The summed E-state index contributed by atoms with van der Waals surface area (Å²) in [5, 5.41) is 8.83. The molecule has 1 rings (SSSR count). The minimum atomic E-state index is 0.175. The van der Waals surface area contributed by atoms with Gasteiger partial charge in [-0.15, -0.1) is 11.7 Å². The number of pyridine rings is 1. The molecule has 48 valence electrons. The lowest BCUT2D eigenvalue weighted by atomic mass is 10.5. The van der Waals surface area contributed by atoms with Gasteiger partial charge in [0.15, 0.2) is 0 Å². The van der Waals surface area contributed by atoms with Crippen molar-refractivity contribution >= 4 is 22.5 Å². The first-order chi connectivity index (χ1) is 4.33. The van der Waals surface area contributed by atoms with Gasteiger partial charge in [0.2, 0.25) is 0 Å². The molecule has 0 saturated heterocycles. The summed E-state index contributed by atoms with van der Waals surface area (Å²) in [6.07, 6.45) is 3.02. The maximum Gasteiger partial charge on any atom is 0.135 e. The third-order valence-corrected chi connectivity index (χ3v) is 1.87. The summed E-state index contributed by atoms with van der Waals surface area (Å²) in [5.41, 5.74) is 0. The van der Waals surface area contributed by atoms with Crippen molar-refractivity contribution in [2.45, 2.75) is 4.90 Å². The van der Waals surface area contributed by atoms with Crippen LogP contribution in [0.25, 0.3) is 0 Å². The van der Waals surface area contributed by atoms with Crippen LogP contribution in [0, 0.1) is 0 Å². The molecule has 0 aromatic carbocycles. The van der Waals surface area contributed by atoms with Crippen LogP contribution in [-0.4, -0.2) is 10.1 Å². The third kappa shape index (κ3) is 1.80. The lowest BCUT2D eigenvalue weighted by Crippen LogP contribution is -1.71. The van der Waals surface area contributed by atoms with Crippen LogP contribution in [0.4, 0.5) is 0 Å². The summed E-state index contributed by atoms with van der Waals surface area (Å²) in [6, 6.07) is 1.60. The molecule has 4 heteroatoms. The van der Waals surface area contributed by atoms with Gasteiger partial charge in [0.25, 0.3) is 0 Å². The SMILES string of the molecule is Oc1cncc(SS)c1. The zero-order valence-electron chi connectivity index (χ0n) is 4.48. The molecule has 0 aliphatic heterocycles. The van der Waals surface area contributed by atoms with Crippen LogP contribution in [0.1, 0.15) is 0 Å². The Morgan fingerprint density at radius 1 is 1.56 bits per heavy atom. The predicted molar refractivity (Wildman–Crippen MR) is 40.7 cm³/mol. The number of nitrogens with zero attached hydrogens (tertiary/aromatic N) is 1. The van der Waals surface area contributed by atoms with Gasteiger partial charge in [0.1, 0.15) is 5.75 Å². The number of aromatic nitrogens is 1. The van der Waals surface area contributed by atoms with E-state index in [2.05, 4.69) is 16.6 Å². The standard InChI is InChI=1S/C5H5NOS2/c7-4-1-5(9-8)3-6-2-4/h1-3,7-8H. The lowest BCUT2D eigenvalue weighted by Gasteiger charge is -1.92. The van der Waals surface area contributed by atoms with Gasteiger partial charge in [-0.1, -0.05) is 10.8 Å². The van der Waals surface area contributed by atoms with Gasteiger partial charge in [-0.2, -0.15) is 0 Å². The maximum atomic E-state index is 8.83. The Hall–Kier alpha value is -0.350. The van der Waals surface area contributed by atoms with Crippen LogP contribution in [0.5, 0.6) is 5.75 Å². The highest BCUT2D eigenvalue weighted by atomic mass is 33.1. The van der Waals surface area contributed by atoms with Crippen molar-refractivity contribution in [2.75, 3.05) is 0 Å². The molecule has 1 heterocycles. The van der Waals surface area contributed by atoms with Gasteiger partial charge in [-0.05, 0) is 6.07 Å². The first-order valence-electron chi connectivity index (χ1n) is 2.28. The van der Waals surface area contributed by atoms with Crippen molar-refractivity contribution in [3.8, 4) is 5.75 Å². The molecule has 0 unspecified atom stereocenters. The molecule has 0 bridgehead atoms. The fourth-order valence-electron chi connectivity index (χ4n) is 0.457. The summed E-state index contributed by atoms with van der Waals surface area (Å²) in [7, 11) is 1.25. The number of aromatic hydroxyl groups is 1. The Morgan fingerprint density at radius 3 is 2.78 bits per heavy atom. The van der Waals surface area contributed by atoms with E-state index in [1.807, 2.05) is 0 Å². The second-order valence-electron chi connectivity index (χ2n) is 1.47. The molecule has 0 atom stereocenters. The van der Waals surface area contributed by atoms with Gasteiger partial charge in [-0.3, -0.25) is 4.98 Å². The smallest absolute Gasteiger partial charge is 0.135 e. The minimum absolute atomic E-state index is 0.175. The fourth-order valence-corrected chi connectivity index (χ4v) is 1.04. The number of hydrogen-bond acceptors (Lipinski definition) is 4. The summed E-state index contributed by atoms with van der Waals surface area (Å²) in [6.45, 7) is 0. The van der Waals surface area contributed by atoms with Crippen LogP contribution in [-0.2, 0) is 0 Å². The monoisotopic (exact) mass is 159 g/mol. The highest BCUT2D eigenvalue weighted by Crippen LogP contribution is 2.22. The molecule has 0 radical (unpaired) electrons. The van der Waals surface area contributed by atoms with E-state index >= 15 is 0 Å². The van der Waals surface area contributed by atoms with E-state index in [1.54, 1.807) is 12.3 Å². The average molecular weight is 159 g/mol. The molecule has 0 fully saturated rings. The van der Waals surface area contributed by atoms with Gasteiger partial charge < -0.3 is 5.11 Å². The zero-order chi connectivity index (χ0) is 6.69. The first kappa shape index (κ1) is 6.77. The lowest BCUT2D eigenvalue weighted by molar-refractivity contribution is 0.471. The second kappa shape index (κ2) is 2.98. The molecule has 1 aromatic heterocycles. The summed E-state index contributed by atoms with van der Waals surface area (Å²) in [5.74, 6) is 0.175. The highest BCUT2D eigenvalue weighted by molar-refractivity contribution is 8.68. The average Bonchev–Trinajstić information content (AvgIpc) is 1.88. The Bertz CT molecular complexity index is 204. The van der Waals surface area contributed by atoms with E-state index in [-0.39, 0.29) is 5.75 Å². The summed E-state index contributed by atoms with van der Waals surface area (Å²) >= 11 is 3.92. The Kier molecular flexibility index (Phi) is 2.24. The Morgan fingerprint density at radius 2 is 2.33 bits per heavy atom. The van der Waals surface area contributed by atoms with Gasteiger partial charge >= 0.3 is 0 Å². The normalized spacial score (nSPS) is 9.44. The van der Waals surface area contributed by atoms with Crippen molar-refractivity contribution < 1.29 is 5.11 Å². The van der Waals surface area contributed by atoms with Crippen molar-refractivity contribution in [3.05, 3.63) is 18.5 Å². The summed E-state index contributed by atoms with van der Waals surface area (Å²) < 4.78 is 0. The largest absolute Gasteiger partial charge is 0.506 e. The van der Waals surface area contributed by atoms with Crippen molar-refractivity contribution in [1.29, 1.82) is 0 Å². The molecule has 1 aromatic rings. The van der Waals surface area contributed by atoms with Crippen molar-refractivity contribution in [2.24, 2.45) is 0 Å². The van der Waals surface area contributed by atoms with Gasteiger partial charge in [0.05, 0.1) is 6.20 Å². The molecule has 0 aliphatic carbocycles. The molecule has 0 spiro atoms. The molecule has 9 heavy (non-hydrogen) atoms. The molecule has 2 nitrogen and oxygen atoms in total. The Labute approximate surface area is 62.1 Å². The van der Waals surface area contributed by atoms with Gasteiger partial charge in [0, 0.05) is 11.1 Å². The first-order valence-corrected chi connectivity index (χ1v) is 4.15. The van der Waals surface area contributed by atoms with Gasteiger partial charge in [-0.25, -0.2) is 0 Å². The Balaban J connectivity index is 2.94. The highest BCUT2D eigenvalue weighted by Gasteiger charge is 1.90. The number of rotatable bonds is 1. The minimum Gasteiger partial charge on any atom is -0.506 e. The van der Waals surface area contributed by atoms with E-state index in [4.69, 9.17) is 5.11 Å². The second-order valence-corrected chi connectivity index (χ2v) is 2.67. The fraction of sp³-hybridized carbons (Fsp3) is 0. The van der Waals surface area contributed by atoms with E-state index < -0.39 is 0 Å².